The maximum atomic E-state index is 13.6. The predicted octanol–water partition coefficient (Wildman–Crippen LogP) is 2.34. The molecule has 0 bridgehead atoms. The summed E-state index contributed by atoms with van der Waals surface area (Å²) in [5, 5.41) is 18.6. The van der Waals surface area contributed by atoms with Gasteiger partial charge < -0.3 is 15.9 Å². The first-order valence-corrected chi connectivity index (χ1v) is 4.96. The molecule has 0 saturated carbocycles. The van der Waals surface area contributed by atoms with Gasteiger partial charge in [-0.25, -0.2) is 4.39 Å². The molecular formula is C10H13ClFNO2. The Kier molecular flexibility index (Phi) is 3.77. The molecule has 4 N–H and O–H groups in total. The number of rotatable bonds is 3. The molecule has 1 rings (SSSR count). The number of aromatic hydroxyl groups is 2. The summed E-state index contributed by atoms with van der Waals surface area (Å²) in [4.78, 5) is 0. The van der Waals surface area contributed by atoms with Crippen LogP contribution in [-0.4, -0.2) is 16.8 Å². The van der Waals surface area contributed by atoms with Gasteiger partial charge in [0.2, 0.25) is 0 Å². The summed E-state index contributed by atoms with van der Waals surface area (Å²) in [6, 6.07) is 0.977. The monoisotopic (exact) mass is 233 g/mol. The van der Waals surface area contributed by atoms with Crippen LogP contribution in [-0.2, 0) is 0 Å². The summed E-state index contributed by atoms with van der Waals surface area (Å²) in [6.07, 6.45) is 0.504. The van der Waals surface area contributed by atoms with Gasteiger partial charge in [0.05, 0.1) is 5.02 Å². The normalized spacial score (nSPS) is 12.8. The second-order valence-corrected chi connectivity index (χ2v) is 3.84. The summed E-state index contributed by atoms with van der Waals surface area (Å²) >= 11 is 5.56. The van der Waals surface area contributed by atoms with Crippen LogP contribution in [0.4, 0.5) is 4.39 Å². The molecule has 0 heterocycles. The van der Waals surface area contributed by atoms with Gasteiger partial charge in [0.25, 0.3) is 0 Å². The summed E-state index contributed by atoms with van der Waals surface area (Å²) in [6.45, 7) is 2.08. The van der Waals surface area contributed by atoms with Gasteiger partial charge in [0, 0.05) is 11.6 Å². The van der Waals surface area contributed by atoms with Crippen molar-refractivity contribution in [1.82, 2.24) is 0 Å². The van der Waals surface area contributed by atoms with Crippen LogP contribution in [0, 0.1) is 5.82 Å². The number of benzene rings is 1. The topological polar surface area (TPSA) is 66.5 Å². The van der Waals surface area contributed by atoms with Gasteiger partial charge in [-0.3, -0.25) is 0 Å². The third kappa shape index (κ3) is 2.33. The Hall–Kier alpha value is -1.00. The molecule has 0 spiro atoms. The van der Waals surface area contributed by atoms with Gasteiger partial charge in [-0.2, -0.15) is 0 Å². The highest BCUT2D eigenvalue weighted by molar-refractivity contribution is 6.31. The number of halogens is 2. The van der Waals surface area contributed by atoms with Gasteiger partial charge in [0.15, 0.2) is 11.5 Å². The van der Waals surface area contributed by atoms with Crippen LogP contribution in [0.2, 0.25) is 5.02 Å². The summed E-state index contributed by atoms with van der Waals surface area (Å²) < 4.78 is 13.6. The van der Waals surface area contributed by atoms with Crippen LogP contribution in [0.5, 0.6) is 11.5 Å². The van der Waals surface area contributed by atoms with Crippen molar-refractivity contribution in [2.24, 2.45) is 5.73 Å². The quantitative estimate of drug-likeness (QED) is 0.702. The Morgan fingerprint density at radius 1 is 1.53 bits per heavy atom. The van der Waals surface area contributed by atoms with E-state index in [1.807, 2.05) is 0 Å². The van der Waals surface area contributed by atoms with E-state index < -0.39 is 17.3 Å². The molecule has 0 amide bonds. The van der Waals surface area contributed by atoms with Crippen molar-refractivity contribution < 1.29 is 14.6 Å². The van der Waals surface area contributed by atoms with Crippen molar-refractivity contribution >= 4 is 11.6 Å². The maximum absolute atomic E-state index is 13.6. The molecule has 3 nitrogen and oxygen atoms in total. The number of hydrogen-bond acceptors (Lipinski definition) is 3. The van der Waals surface area contributed by atoms with Crippen molar-refractivity contribution in [2.75, 3.05) is 6.54 Å². The first kappa shape index (κ1) is 12.1. The molecule has 84 valence electrons. The average molecular weight is 234 g/mol. The smallest absolute Gasteiger partial charge is 0.164 e. The lowest BCUT2D eigenvalue weighted by Gasteiger charge is -2.15. The Morgan fingerprint density at radius 3 is 2.67 bits per heavy atom. The van der Waals surface area contributed by atoms with Crippen molar-refractivity contribution in [3.05, 3.63) is 22.5 Å². The van der Waals surface area contributed by atoms with Crippen LogP contribution in [0.1, 0.15) is 24.8 Å². The van der Waals surface area contributed by atoms with Crippen molar-refractivity contribution in [3.8, 4) is 11.5 Å². The molecule has 0 aliphatic carbocycles. The Balaban J connectivity index is 3.26. The number of phenolic OH excluding ortho intramolecular Hbond substituents is 2. The van der Waals surface area contributed by atoms with Gasteiger partial charge in [-0.15, -0.1) is 0 Å². The van der Waals surface area contributed by atoms with E-state index >= 15 is 0 Å². The highest BCUT2D eigenvalue weighted by atomic mass is 35.5. The molecule has 5 heteroatoms. The summed E-state index contributed by atoms with van der Waals surface area (Å²) in [5.41, 5.74) is 5.36. The van der Waals surface area contributed by atoms with Gasteiger partial charge in [-0.1, -0.05) is 18.5 Å². The second-order valence-electron chi connectivity index (χ2n) is 3.43. The van der Waals surface area contributed by atoms with Gasteiger partial charge in [0.1, 0.15) is 5.82 Å². The van der Waals surface area contributed by atoms with E-state index in [1.54, 1.807) is 6.92 Å². The second kappa shape index (κ2) is 4.68. The number of hydrogen-bond donors (Lipinski definition) is 3. The molecule has 0 aliphatic heterocycles. The molecule has 1 atom stereocenters. The fourth-order valence-electron chi connectivity index (χ4n) is 1.47. The minimum Gasteiger partial charge on any atom is -0.504 e. The van der Waals surface area contributed by atoms with E-state index in [0.717, 1.165) is 6.07 Å². The summed E-state index contributed by atoms with van der Waals surface area (Å²) in [5.74, 6) is -1.87. The van der Waals surface area contributed by atoms with Crippen molar-refractivity contribution in [1.29, 1.82) is 0 Å². The lowest BCUT2D eigenvalue weighted by molar-refractivity contribution is 0.389. The lowest BCUT2D eigenvalue weighted by Crippen LogP contribution is -2.06. The molecule has 15 heavy (non-hydrogen) atoms. The Morgan fingerprint density at radius 2 is 2.13 bits per heavy atom. The van der Waals surface area contributed by atoms with Crippen LogP contribution in [0.15, 0.2) is 6.07 Å². The molecule has 1 aromatic carbocycles. The molecular weight excluding hydrogens is 221 g/mol. The highest BCUT2D eigenvalue weighted by Gasteiger charge is 2.21. The van der Waals surface area contributed by atoms with Crippen LogP contribution in [0.3, 0.4) is 0 Å². The van der Waals surface area contributed by atoms with E-state index in [-0.39, 0.29) is 16.5 Å². The minimum absolute atomic E-state index is 0.0189. The zero-order chi connectivity index (χ0) is 11.6. The maximum Gasteiger partial charge on any atom is 0.164 e. The van der Waals surface area contributed by atoms with E-state index in [4.69, 9.17) is 17.3 Å². The molecule has 0 saturated heterocycles. The molecule has 0 radical (unpaired) electrons. The third-order valence-electron chi connectivity index (χ3n) is 2.30. The third-order valence-corrected chi connectivity index (χ3v) is 2.57. The fraction of sp³-hybridized carbons (Fsp3) is 0.400. The van der Waals surface area contributed by atoms with Gasteiger partial charge >= 0.3 is 0 Å². The number of phenols is 2. The van der Waals surface area contributed by atoms with Crippen LogP contribution < -0.4 is 5.73 Å². The zero-order valence-electron chi connectivity index (χ0n) is 8.30. The summed E-state index contributed by atoms with van der Waals surface area (Å²) in [7, 11) is 0. The largest absolute Gasteiger partial charge is 0.504 e. The Labute approximate surface area is 92.3 Å². The predicted molar refractivity (Wildman–Crippen MR) is 56.8 cm³/mol. The van der Waals surface area contributed by atoms with Gasteiger partial charge in [-0.05, 0) is 18.9 Å². The number of nitrogens with two attached hydrogens (primary N) is 1. The highest BCUT2D eigenvalue weighted by Crippen LogP contribution is 2.40. The van der Waals surface area contributed by atoms with Crippen molar-refractivity contribution in [3.63, 3.8) is 0 Å². The van der Waals surface area contributed by atoms with E-state index in [0.29, 0.717) is 13.0 Å². The molecule has 0 fully saturated rings. The van der Waals surface area contributed by atoms with E-state index in [9.17, 15) is 14.6 Å². The first-order chi connectivity index (χ1) is 6.99. The molecule has 1 aromatic rings. The van der Waals surface area contributed by atoms with Crippen LogP contribution in [0.25, 0.3) is 0 Å². The van der Waals surface area contributed by atoms with Crippen LogP contribution >= 0.6 is 11.6 Å². The molecule has 1 unspecified atom stereocenters. The minimum atomic E-state index is -0.701. The zero-order valence-corrected chi connectivity index (χ0v) is 9.05. The fourth-order valence-corrected chi connectivity index (χ4v) is 1.67. The standard InChI is InChI=1S/C10H13ClFNO2/c1-5(2-3-13)8-9(12)6(11)4-7(14)10(8)15/h4-5,14-15H,2-3,13H2,1H3. The van der Waals surface area contributed by atoms with Crippen molar-refractivity contribution in [2.45, 2.75) is 19.3 Å². The molecule has 0 aromatic heterocycles. The molecule has 0 aliphatic rings. The van der Waals surface area contributed by atoms with E-state index in [2.05, 4.69) is 0 Å². The van der Waals surface area contributed by atoms with E-state index in [1.165, 1.54) is 0 Å². The Bertz CT molecular complexity index is 345. The lowest BCUT2D eigenvalue weighted by atomic mass is 9.96. The SMILES string of the molecule is CC(CCN)c1c(O)c(O)cc(Cl)c1F. The average Bonchev–Trinajstić information content (AvgIpc) is 2.16. The first-order valence-electron chi connectivity index (χ1n) is 4.59.